The average Bonchev–Trinajstić information content (AvgIpc) is 2.68. The number of hydrogen-bond acceptors (Lipinski definition) is 4. The molecule has 4 nitrogen and oxygen atoms in total. The maximum atomic E-state index is 5.83. The Morgan fingerprint density at radius 1 is 0.808 bits per heavy atom. The second-order valence-corrected chi connectivity index (χ2v) is 6.01. The van der Waals surface area contributed by atoms with Gasteiger partial charge in [0, 0.05) is 16.6 Å². The molecular formula is C22H19N3O. The van der Waals surface area contributed by atoms with Gasteiger partial charge in [-0.15, -0.1) is 0 Å². The largest absolute Gasteiger partial charge is 0.493 e. The third-order valence-electron chi connectivity index (χ3n) is 4.16. The molecular weight excluding hydrogens is 322 g/mol. The van der Waals surface area contributed by atoms with E-state index in [1.807, 2.05) is 80.6 Å². The molecule has 0 atom stereocenters. The molecule has 0 saturated carbocycles. The first-order chi connectivity index (χ1) is 12.8. The van der Waals surface area contributed by atoms with Gasteiger partial charge in [-0.3, -0.25) is 0 Å². The predicted molar refractivity (Wildman–Crippen MR) is 104 cm³/mol. The van der Waals surface area contributed by atoms with Gasteiger partial charge in [-0.2, -0.15) is 0 Å². The number of rotatable bonds is 4. The van der Waals surface area contributed by atoms with Crippen molar-refractivity contribution in [3.05, 3.63) is 72.4 Å². The van der Waals surface area contributed by atoms with E-state index in [0.717, 1.165) is 39.3 Å². The van der Waals surface area contributed by atoms with E-state index >= 15 is 0 Å². The van der Waals surface area contributed by atoms with Crippen molar-refractivity contribution in [2.45, 2.75) is 13.8 Å². The molecule has 0 fully saturated rings. The van der Waals surface area contributed by atoms with E-state index in [4.69, 9.17) is 14.7 Å². The van der Waals surface area contributed by atoms with Gasteiger partial charge in [0.1, 0.15) is 11.4 Å². The van der Waals surface area contributed by atoms with Crippen molar-refractivity contribution in [2.75, 3.05) is 6.61 Å². The summed E-state index contributed by atoms with van der Waals surface area (Å²) in [6.07, 6.45) is 0. The smallest absolute Gasteiger partial charge is 0.179 e. The van der Waals surface area contributed by atoms with Crippen LogP contribution in [0.25, 0.3) is 33.7 Å². The summed E-state index contributed by atoms with van der Waals surface area (Å²) < 4.78 is 5.83. The molecule has 0 radical (unpaired) electrons. The van der Waals surface area contributed by atoms with Gasteiger partial charge >= 0.3 is 0 Å². The van der Waals surface area contributed by atoms with Crippen LogP contribution in [0.4, 0.5) is 0 Å². The number of pyridine rings is 1. The Hall–Kier alpha value is -3.27. The maximum absolute atomic E-state index is 5.83. The van der Waals surface area contributed by atoms with Crippen LogP contribution in [0.1, 0.15) is 12.6 Å². The highest BCUT2D eigenvalue weighted by molar-refractivity contribution is 5.94. The molecule has 0 aliphatic rings. The standard InChI is InChI=1S/C22H19N3O/c1-3-26-20-14-7-5-11-17(20)21-16-10-4-6-12-18(16)24-22(25-21)19-13-8-9-15(2)23-19/h4-14H,3H2,1-2H3. The summed E-state index contributed by atoms with van der Waals surface area (Å²) in [5.41, 5.74) is 4.42. The van der Waals surface area contributed by atoms with Crippen LogP contribution >= 0.6 is 0 Å². The molecule has 2 aromatic heterocycles. The summed E-state index contributed by atoms with van der Waals surface area (Å²) in [5.74, 6) is 1.44. The molecule has 0 bridgehead atoms. The number of aromatic nitrogens is 3. The highest BCUT2D eigenvalue weighted by Crippen LogP contribution is 2.34. The number of aryl methyl sites for hydroxylation is 1. The fourth-order valence-electron chi connectivity index (χ4n) is 3.01. The molecule has 4 rings (SSSR count). The van der Waals surface area contributed by atoms with Crippen LogP contribution < -0.4 is 4.74 Å². The van der Waals surface area contributed by atoms with E-state index in [2.05, 4.69) is 4.98 Å². The molecule has 2 aromatic carbocycles. The average molecular weight is 341 g/mol. The second kappa shape index (κ2) is 6.92. The summed E-state index contributed by atoms with van der Waals surface area (Å²) in [6, 6.07) is 21.9. The lowest BCUT2D eigenvalue weighted by Gasteiger charge is -2.13. The SMILES string of the molecule is CCOc1ccccc1-c1nc(-c2cccc(C)n2)nc2ccccc12. The molecule has 4 aromatic rings. The van der Waals surface area contributed by atoms with Crippen molar-refractivity contribution in [3.8, 4) is 28.5 Å². The van der Waals surface area contributed by atoms with Gasteiger partial charge in [0.05, 0.1) is 17.8 Å². The van der Waals surface area contributed by atoms with Crippen LogP contribution in [0.3, 0.4) is 0 Å². The van der Waals surface area contributed by atoms with Crippen molar-refractivity contribution in [2.24, 2.45) is 0 Å². The van der Waals surface area contributed by atoms with E-state index in [0.29, 0.717) is 12.4 Å². The Morgan fingerprint density at radius 3 is 2.46 bits per heavy atom. The lowest BCUT2D eigenvalue weighted by atomic mass is 10.0. The quantitative estimate of drug-likeness (QED) is 0.520. The summed E-state index contributed by atoms with van der Waals surface area (Å²) in [6.45, 7) is 4.55. The first-order valence-corrected chi connectivity index (χ1v) is 8.69. The van der Waals surface area contributed by atoms with E-state index in [-0.39, 0.29) is 0 Å². The number of fused-ring (bicyclic) bond motifs is 1. The Kier molecular flexibility index (Phi) is 4.32. The molecule has 0 spiro atoms. The molecule has 4 heteroatoms. The molecule has 128 valence electrons. The fourth-order valence-corrected chi connectivity index (χ4v) is 3.01. The van der Waals surface area contributed by atoms with E-state index in [1.165, 1.54) is 0 Å². The molecule has 0 amide bonds. The number of ether oxygens (including phenoxy) is 1. The zero-order valence-corrected chi connectivity index (χ0v) is 14.8. The summed E-state index contributed by atoms with van der Waals surface area (Å²) in [5, 5.41) is 0.996. The van der Waals surface area contributed by atoms with Crippen molar-refractivity contribution < 1.29 is 4.74 Å². The van der Waals surface area contributed by atoms with E-state index in [9.17, 15) is 0 Å². The van der Waals surface area contributed by atoms with Crippen LogP contribution in [-0.4, -0.2) is 21.6 Å². The van der Waals surface area contributed by atoms with Crippen LogP contribution in [0.15, 0.2) is 66.7 Å². The van der Waals surface area contributed by atoms with Gasteiger partial charge in [-0.05, 0) is 44.2 Å². The fraction of sp³-hybridized carbons (Fsp3) is 0.136. The second-order valence-electron chi connectivity index (χ2n) is 6.01. The molecule has 0 saturated heterocycles. The van der Waals surface area contributed by atoms with Crippen LogP contribution in [0.5, 0.6) is 5.75 Å². The van der Waals surface area contributed by atoms with Gasteiger partial charge in [0.15, 0.2) is 5.82 Å². The van der Waals surface area contributed by atoms with Gasteiger partial charge in [0.25, 0.3) is 0 Å². The van der Waals surface area contributed by atoms with Gasteiger partial charge < -0.3 is 4.74 Å². The van der Waals surface area contributed by atoms with Gasteiger partial charge in [-0.25, -0.2) is 15.0 Å². The lowest BCUT2D eigenvalue weighted by molar-refractivity contribution is 0.341. The molecule has 26 heavy (non-hydrogen) atoms. The molecule has 0 N–H and O–H groups in total. The number of para-hydroxylation sites is 2. The predicted octanol–water partition coefficient (Wildman–Crippen LogP) is 5.07. The Bertz CT molecular complexity index is 1080. The maximum Gasteiger partial charge on any atom is 0.179 e. The monoisotopic (exact) mass is 341 g/mol. The molecule has 2 heterocycles. The van der Waals surface area contributed by atoms with Crippen LogP contribution in [0, 0.1) is 6.92 Å². The van der Waals surface area contributed by atoms with Crippen LogP contribution in [-0.2, 0) is 0 Å². The Labute approximate surface area is 152 Å². The Morgan fingerprint density at radius 2 is 1.62 bits per heavy atom. The first kappa shape index (κ1) is 16.2. The van der Waals surface area contributed by atoms with Crippen molar-refractivity contribution >= 4 is 10.9 Å². The van der Waals surface area contributed by atoms with E-state index < -0.39 is 0 Å². The molecule has 0 aliphatic carbocycles. The van der Waals surface area contributed by atoms with Crippen molar-refractivity contribution in [1.82, 2.24) is 15.0 Å². The minimum absolute atomic E-state index is 0.603. The van der Waals surface area contributed by atoms with Crippen molar-refractivity contribution in [3.63, 3.8) is 0 Å². The van der Waals surface area contributed by atoms with Crippen molar-refractivity contribution in [1.29, 1.82) is 0 Å². The molecule has 0 unspecified atom stereocenters. The summed E-state index contributed by atoms with van der Waals surface area (Å²) in [4.78, 5) is 14.2. The van der Waals surface area contributed by atoms with Crippen LogP contribution in [0.2, 0.25) is 0 Å². The minimum Gasteiger partial charge on any atom is -0.493 e. The zero-order valence-electron chi connectivity index (χ0n) is 14.8. The first-order valence-electron chi connectivity index (χ1n) is 8.69. The summed E-state index contributed by atoms with van der Waals surface area (Å²) >= 11 is 0. The van der Waals surface area contributed by atoms with E-state index in [1.54, 1.807) is 0 Å². The highest BCUT2D eigenvalue weighted by atomic mass is 16.5. The lowest BCUT2D eigenvalue weighted by Crippen LogP contribution is -1.99. The van der Waals surface area contributed by atoms with Gasteiger partial charge in [0.2, 0.25) is 0 Å². The minimum atomic E-state index is 0.603. The zero-order chi connectivity index (χ0) is 17.9. The molecule has 0 aliphatic heterocycles. The number of nitrogens with zero attached hydrogens (tertiary/aromatic N) is 3. The third-order valence-corrected chi connectivity index (χ3v) is 4.16. The Balaban J connectivity index is 2.00. The number of hydrogen-bond donors (Lipinski definition) is 0. The highest BCUT2D eigenvalue weighted by Gasteiger charge is 2.15. The van der Waals surface area contributed by atoms with Gasteiger partial charge in [-0.1, -0.05) is 36.4 Å². The number of benzene rings is 2. The summed E-state index contributed by atoms with van der Waals surface area (Å²) in [7, 11) is 0. The topological polar surface area (TPSA) is 47.9 Å². The third kappa shape index (κ3) is 3.02. The normalized spacial score (nSPS) is 10.8.